The Hall–Kier alpha value is -0.730. The minimum atomic E-state index is -2.31. The molecule has 1 rings (SSSR count). The standard InChI is InChI=1S/C12H22O11/c13-1-3(15)5(16)7(18)9(20)11(22)12-10(21)8(19)6(17)4(2-14)23-12/h3-8,10-19,21-22H,1-2H2/t3-,4-,5-,6-,7+,8+,10-,11?,12?/m1/s1. The first-order valence-corrected chi connectivity index (χ1v) is 6.84. The zero-order chi connectivity index (χ0) is 17.9. The van der Waals surface area contributed by atoms with Crippen LogP contribution >= 0.6 is 0 Å². The first-order valence-electron chi connectivity index (χ1n) is 6.84. The molecular weight excluding hydrogens is 320 g/mol. The van der Waals surface area contributed by atoms with Crippen LogP contribution in [0.15, 0.2) is 0 Å². The van der Waals surface area contributed by atoms with E-state index < -0.39 is 73.9 Å². The van der Waals surface area contributed by atoms with Gasteiger partial charge in [0.2, 0.25) is 0 Å². The van der Waals surface area contributed by atoms with Crippen molar-refractivity contribution < 1.29 is 55.5 Å². The molecule has 2 unspecified atom stereocenters. The molecule has 0 amide bonds. The average molecular weight is 342 g/mol. The number of Topliss-reactive ketones (excluding diaryl/α,β-unsaturated/α-hetero) is 1. The Labute approximate surface area is 130 Å². The minimum Gasteiger partial charge on any atom is -0.394 e. The molecule has 11 heteroatoms. The van der Waals surface area contributed by atoms with Gasteiger partial charge in [-0.15, -0.1) is 0 Å². The normalized spacial score (nSPS) is 37.0. The Morgan fingerprint density at radius 2 is 1.52 bits per heavy atom. The number of rotatable bonds is 7. The van der Waals surface area contributed by atoms with E-state index in [0.717, 1.165) is 0 Å². The van der Waals surface area contributed by atoms with Gasteiger partial charge in [0.05, 0.1) is 13.2 Å². The maximum absolute atomic E-state index is 11.9. The fraction of sp³-hybridized carbons (Fsp3) is 0.917. The molecule has 1 aliphatic heterocycles. The summed E-state index contributed by atoms with van der Waals surface area (Å²) >= 11 is 0. The van der Waals surface area contributed by atoms with E-state index in [4.69, 9.17) is 20.1 Å². The van der Waals surface area contributed by atoms with Gasteiger partial charge in [0.15, 0.2) is 5.78 Å². The van der Waals surface area contributed by atoms with Crippen molar-refractivity contribution in [1.29, 1.82) is 0 Å². The molecule has 0 aromatic carbocycles. The zero-order valence-electron chi connectivity index (χ0n) is 12.0. The van der Waals surface area contributed by atoms with E-state index in [1.165, 1.54) is 0 Å². The molecule has 0 aliphatic carbocycles. The van der Waals surface area contributed by atoms with Crippen LogP contribution in [0, 0.1) is 0 Å². The number of carbonyl (C=O) groups is 1. The molecular formula is C12H22O11. The van der Waals surface area contributed by atoms with Gasteiger partial charge in [-0.05, 0) is 0 Å². The van der Waals surface area contributed by atoms with Crippen LogP contribution in [0.1, 0.15) is 0 Å². The van der Waals surface area contributed by atoms with E-state index >= 15 is 0 Å². The molecule has 0 saturated carbocycles. The first-order chi connectivity index (χ1) is 10.7. The highest BCUT2D eigenvalue weighted by Gasteiger charge is 2.49. The van der Waals surface area contributed by atoms with Crippen molar-refractivity contribution in [2.75, 3.05) is 13.2 Å². The van der Waals surface area contributed by atoms with Gasteiger partial charge in [-0.25, -0.2) is 0 Å². The van der Waals surface area contributed by atoms with Crippen LogP contribution in [0.25, 0.3) is 0 Å². The second-order valence-electron chi connectivity index (χ2n) is 5.33. The lowest BCUT2D eigenvalue weighted by Crippen LogP contribution is -2.63. The van der Waals surface area contributed by atoms with E-state index in [1.807, 2.05) is 0 Å². The highest BCUT2D eigenvalue weighted by Crippen LogP contribution is 2.24. The summed E-state index contributed by atoms with van der Waals surface area (Å²) in [6.07, 6.45) is -17.1. The fourth-order valence-corrected chi connectivity index (χ4v) is 2.21. The third-order valence-corrected chi connectivity index (χ3v) is 3.73. The molecule has 0 aromatic rings. The molecule has 0 bridgehead atoms. The number of ether oxygens (including phenoxy) is 1. The molecule has 11 nitrogen and oxygen atoms in total. The SMILES string of the molecule is O=C(C(O)C1O[C@H](CO)[C@@H](O)[C@H](O)[C@H]1O)[C@@H](O)[C@H](O)[C@H](O)CO. The van der Waals surface area contributed by atoms with E-state index in [-0.39, 0.29) is 0 Å². The Morgan fingerprint density at radius 3 is 2.00 bits per heavy atom. The van der Waals surface area contributed by atoms with Gasteiger partial charge in [0, 0.05) is 0 Å². The van der Waals surface area contributed by atoms with E-state index in [2.05, 4.69) is 0 Å². The Bertz CT molecular complexity index is 389. The topological polar surface area (TPSA) is 208 Å². The molecule has 1 saturated heterocycles. The number of aliphatic hydroxyl groups is 9. The van der Waals surface area contributed by atoms with Crippen molar-refractivity contribution in [3.63, 3.8) is 0 Å². The van der Waals surface area contributed by atoms with Gasteiger partial charge < -0.3 is 50.7 Å². The maximum atomic E-state index is 11.9. The summed E-state index contributed by atoms with van der Waals surface area (Å²) in [4.78, 5) is 11.9. The van der Waals surface area contributed by atoms with Crippen LogP contribution in [0.5, 0.6) is 0 Å². The first kappa shape index (κ1) is 20.3. The fourth-order valence-electron chi connectivity index (χ4n) is 2.21. The number of hydrogen-bond acceptors (Lipinski definition) is 11. The van der Waals surface area contributed by atoms with Crippen molar-refractivity contribution in [2.24, 2.45) is 0 Å². The summed E-state index contributed by atoms with van der Waals surface area (Å²) < 4.78 is 4.94. The van der Waals surface area contributed by atoms with E-state index in [9.17, 15) is 35.4 Å². The van der Waals surface area contributed by atoms with Crippen LogP contribution in [0.2, 0.25) is 0 Å². The predicted molar refractivity (Wildman–Crippen MR) is 69.9 cm³/mol. The average Bonchev–Trinajstić information content (AvgIpc) is 2.56. The molecule has 1 heterocycles. The Balaban J connectivity index is 2.85. The van der Waals surface area contributed by atoms with Gasteiger partial charge in [0.25, 0.3) is 0 Å². The summed E-state index contributed by atoms with van der Waals surface area (Å²) in [5.74, 6) is -1.45. The van der Waals surface area contributed by atoms with E-state index in [0.29, 0.717) is 0 Å². The van der Waals surface area contributed by atoms with Crippen molar-refractivity contribution >= 4 is 5.78 Å². The molecule has 0 radical (unpaired) electrons. The van der Waals surface area contributed by atoms with Crippen LogP contribution < -0.4 is 0 Å². The summed E-state index contributed by atoms with van der Waals surface area (Å²) in [5, 5.41) is 84.6. The lowest BCUT2D eigenvalue weighted by atomic mass is 9.89. The number of ketones is 1. The third-order valence-electron chi connectivity index (χ3n) is 3.73. The lowest BCUT2D eigenvalue weighted by Gasteiger charge is -2.41. The summed E-state index contributed by atoms with van der Waals surface area (Å²) in [6, 6.07) is 0. The van der Waals surface area contributed by atoms with Crippen LogP contribution in [-0.2, 0) is 9.53 Å². The molecule has 23 heavy (non-hydrogen) atoms. The van der Waals surface area contributed by atoms with Crippen LogP contribution in [-0.4, -0.2) is 120 Å². The van der Waals surface area contributed by atoms with Gasteiger partial charge >= 0.3 is 0 Å². The third kappa shape index (κ3) is 4.22. The monoisotopic (exact) mass is 342 g/mol. The quantitative estimate of drug-likeness (QED) is 0.212. The number of hydrogen-bond donors (Lipinski definition) is 9. The molecule has 9 N–H and O–H groups in total. The minimum absolute atomic E-state index is 0.781. The van der Waals surface area contributed by atoms with Crippen LogP contribution in [0.4, 0.5) is 0 Å². The van der Waals surface area contributed by atoms with Gasteiger partial charge in [-0.1, -0.05) is 0 Å². The van der Waals surface area contributed by atoms with Crippen molar-refractivity contribution in [1.82, 2.24) is 0 Å². The van der Waals surface area contributed by atoms with Crippen molar-refractivity contribution in [2.45, 2.75) is 54.9 Å². The maximum Gasteiger partial charge on any atom is 0.195 e. The largest absolute Gasteiger partial charge is 0.394 e. The smallest absolute Gasteiger partial charge is 0.195 e. The number of carbonyl (C=O) groups excluding carboxylic acids is 1. The van der Waals surface area contributed by atoms with Gasteiger partial charge in [-0.2, -0.15) is 0 Å². The molecule has 9 atom stereocenters. The van der Waals surface area contributed by atoms with Gasteiger partial charge in [0.1, 0.15) is 54.9 Å². The number of aliphatic hydroxyl groups excluding tert-OH is 9. The Morgan fingerprint density at radius 1 is 0.957 bits per heavy atom. The predicted octanol–water partition coefficient (Wildman–Crippen LogP) is -6.17. The summed E-state index contributed by atoms with van der Waals surface area (Å²) in [7, 11) is 0. The summed E-state index contributed by atoms with van der Waals surface area (Å²) in [6.45, 7) is -1.74. The van der Waals surface area contributed by atoms with Crippen molar-refractivity contribution in [3.05, 3.63) is 0 Å². The highest BCUT2D eigenvalue weighted by atomic mass is 16.6. The highest BCUT2D eigenvalue weighted by molar-refractivity contribution is 5.88. The Kier molecular flexibility index (Phi) is 7.41. The zero-order valence-corrected chi connectivity index (χ0v) is 12.0. The summed E-state index contributed by atoms with van der Waals surface area (Å²) in [5.41, 5.74) is 0. The molecule has 1 fully saturated rings. The van der Waals surface area contributed by atoms with Gasteiger partial charge in [-0.3, -0.25) is 4.79 Å². The van der Waals surface area contributed by atoms with E-state index in [1.54, 1.807) is 0 Å². The lowest BCUT2D eigenvalue weighted by molar-refractivity contribution is -0.248. The molecule has 136 valence electrons. The van der Waals surface area contributed by atoms with Crippen molar-refractivity contribution in [3.8, 4) is 0 Å². The molecule has 1 aliphatic rings. The molecule has 0 spiro atoms. The van der Waals surface area contributed by atoms with Crippen LogP contribution in [0.3, 0.4) is 0 Å². The molecule has 0 aromatic heterocycles. The second kappa shape index (κ2) is 8.39. The second-order valence-corrected chi connectivity index (χ2v) is 5.33.